The van der Waals surface area contributed by atoms with Gasteiger partial charge in [0.25, 0.3) is 0 Å². The molecule has 1 aliphatic heterocycles. The predicted molar refractivity (Wildman–Crippen MR) is 120 cm³/mol. The zero-order valence-electron chi connectivity index (χ0n) is 17.3. The van der Waals surface area contributed by atoms with Gasteiger partial charge >= 0.3 is 0 Å². The van der Waals surface area contributed by atoms with E-state index >= 15 is 0 Å². The fraction of sp³-hybridized carbons (Fsp3) is 0.409. The number of piperidine rings is 1. The highest BCUT2D eigenvalue weighted by Gasteiger charge is 2.34. The summed E-state index contributed by atoms with van der Waals surface area (Å²) < 4.78 is 28.1. The summed E-state index contributed by atoms with van der Waals surface area (Å²) in [7, 11) is -3.67. The molecule has 3 rings (SSSR count). The lowest BCUT2D eigenvalue weighted by Crippen LogP contribution is -2.45. The van der Waals surface area contributed by atoms with Crippen LogP contribution in [-0.2, 0) is 21.4 Å². The first-order chi connectivity index (χ1) is 14.1. The second-order valence-electron chi connectivity index (χ2n) is 7.88. The van der Waals surface area contributed by atoms with Crippen LogP contribution in [0.3, 0.4) is 0 Å². The van der Waals surface area contributed by atoms with Crippen molar-refractivity contribution in [3.63, 3.8) is 0 Å². The molecule has 0 spiro atoms. The van der Waals surface area contributed by atoms with Gasteiger partial charge < -0.3 is 5.32 Å². The van der Waals surface area contributed by atoms with E-state index in [9.17, 15) is 13.2 Å². The number of benzene rings is 2. The number of nitrogens with zero attached hydrogens (tertiary/aromatic N) is 1. The van der Waals surface area contributed by atoms with Crippen molar-refractivity contribution in [1.29, 1.82) is 0 Å². The lowest BCUT2D eigenvalue weighted by Gasteiger charge is -2.32. The lowest BCUT2D eigenvalue weighted by molar-refractivity contribution is -0.126. The van der Waals surface area contributed by atoms with Crippen LogP contribution < -0.4 is 5.32 Å². The third-order valence-corrected chi connectivity index (χ3v) is 8.18. The van der Waals surface area contributed by atoms with E-state index in [1.54, 1.807) is 18.2 Å². The summed E-state index contributed by atoms with van der Waals surface area (Å²) in [6.07, 6.45) is 1.29. The van der Waals surface area contributed by atoms with E-state index in [0.717, 1.165) is 22.3 Å². The van der Waals surface area contributed by atoms with E-state index in [0.29, 0.717) is 34.3 Å². The van der Waals surface area contributed by atoms with Gasteiger partial charge in [-0.3, -0.25) is 4.79 Å². The standard InChI is InChI=1S/C22H26Cl2N2O3S/c1-14-9-15(2)21(16(3)10-14)30(28,29)26-8-4-5-18(13-26)22(27)25-12-17-6-7-19(23)11-20(17)24/h6-7,9-11,18H,4-5,8,12-13H2,1-3H3,(H,25,27)/t18-/m0/s1. The van der Waals surface area contributed by atoms with Gasteiger partial charge in [0.2, 0.25) is 15.9 Å². The minimum absolute atomic E-state index is 0.168. The number of rotatable bonds is 5. The molecular weight excluding hydrogens is 443 g/mol. The maximum absolute atomic E-state index is 13.3. The number of carbonyl (C=O) groups excluding carboxylic acids is 1. The van der Waals surface area contributed by atoms with Gasteiger partial charge in [0.1, 0.15) is 0 Å². The van der Waals surface area contributed by atoms with Crippen LogP contribution in [0.4, 0.5) is 0 Å². The number of hydrogen-bond donors (Lipinski definition) is 1. The number of nitrogens with one attached hydrogen (secondary N) is 1. The van der Waals surface area contributed by atoms with Crippen molar-refractivity contribution in [1.82, 2.24) is 9.62 Å². The molecule has 1 aliphatic rings. The van der Waals surface area contributed by atoms with Crippen molar-refractivity contribution in [3.05, 3.63) is 62.6 Å². The third kappa shape index (κ3) is 4.99. The molecule has 1 N–H and O–H groups in total. The van der Waals surface area contributed by atoms with Crippen LogP contribution in [0.25, 0.3) is 0 Å². The molecule has 1 fully saturated rings. The highest BCUT2D eigenvalue weighted by molar-refractivity contribution is 7.89. The topological polar surface area (TPSA) is 66.5 Å². The average molecular weight is 469 g/mol. The average Bonchev–Trinajstić information content (AvgIpc) is 2.66. The summed E-state index contributed by atoms with van der Waals surface area (Å²) in [5.41, 5.74) is 3.26. The summed E-state index contributed by atoms with van der Waals surface area (Å²) in [6, 6.07) is 8.88. The smallest absolute Gasteiger partial charge is 0.243 e. The Balaban J connectivity index is 1.72. The number of hydrogen-bond acceptors (Lipinski definition) is 3. The zero-order valence-corrected chi connectivity index (χ0v) is 19.7. The summed E-state index contributed by atoms with van der Waals surface area (Å²) in [6.45, 7) is 6.45. The maximum atomic E-state index is 13.3. The van der Waals surface area contributed by atoms with Gasteiger partial charge in [-0.05, 0) is 62.4 Å². The fourth-order valence-corrected chi connectivity index (χ4v) is 6.48. The zero-order chi connectivity index (χ0) is 22.1. The molecule has 1 heterocycles. The molecule has 0 aromatic heterocycles. The van der Waals surface area contributed by atoms with Gasteiger partial charge in [-0.1, -0.05) is 47.0 Å². The first-order valence-electron chi connectivity index (χ1n) is 9.89. The molecule has 0 saturated carbocycles. The second-order valence-corrected chi connectivity index (χ2v) is 10.6. The van der Waals surface area contributed by atoms with Crippen LogP contribution in [0.2, 0.25) is 10.0 Å². The molecule has 2 aromatic carbocycles. The van der Waals surface area contributed by atoms with E-state index in [1.807, 2.05) is 32.9 Å². The van der Waals surface area contributed by atoms with Crippen molar-refractivity contribution in [3.8, 4) is 0 Å². The highest BCUT2D eigenvalue weighted by atomic mass is 35.5. The number of aryl methyl sites for hydroxylation is 3. The molecule has 162 valence electrons. The van der Waals surface area contributed by atoms with Crippen molar-refractivity contribution in [2.45, 2.75) is 45.1 Å². The van der Waals surface area contributed by atoms with Crippen molar-refractivity contribution >= 4 is 39.1 Å². The van der Waals surface area contributed by atoms with Crippen molar-refractivity contribution in [2.75, 3.05) is 13.1 Å². The van der Waals surface area contributed by atoms with Gasteiger partial charge in [-0.2, -0.15) is 4.31 Å². The summed E-state index contributed by atoms with van der Waals surface area (Å²) >= 11 is 12.1. The maximum Gasteiger partial charge on any atom is 0.243 e. The molecule has 1 amide bonds. The predicted octanol–water partition coefficient (Wildman–Crippen LogP) is 4.64. The normalized spacial score (nSPS) is 17.7. The van der Waals surface area contributed by atoms with Gasteiger partial charge in [0, 0.05) is 29.7 Å². The van der Waals surface area contributed by atoms with Gasteiger partial charge in [-0.25, -0.2) is 8.42 Å². The largest absolute Gasteiger partial charge is 0.352 e. The van der Waals surface area contributed by atoms with E-state index in [2.05, 4.69) is 5.32 Å². The molecule has 0 unspecified atom stereocenters. The molecule has 1 atom stereocenters. The fourth-order valence-electron chi connectivity index (χ4n) is 4.07. The quantitative estimate of drug-likeness (QED) is 0.694. The Morgan fingerprint density at radius 3 is 2.43 bits per heavy atom. The van der Waals surface area contributed by atoms with E-state index in [1.165, 1.54) is 4.31 Å². The first-order valence-corrected chi connectivity index (χ1v) is 12.1. The molecule has 30 heavy (non-hydrogen) atoms. The van der Waals surface area contributed by atoms with Crippen LogP contribution >= 0.6 is 23.2 Å². The van der Waals surface area contributed by atoms with Crippen LogP contribution in [-0.4, -0.2) is 31.7 Å². The number of amides is 1. The van der Waals surface area contributed by atoms with Crippen LogP contribution in [0.15, 0.2) is 35.2 Å². The Kier molecular flexibility index (Phi) is 7.13. The molecule has 1 saturated heterocycles. The molecular formula is C22H26Cl2N2O3S. The molecule has 8 heteroatoms. The Morgan fingerprint density at radius 2 is 1.80 bits per heavy atom. The number of carbonyl (C=O) groups is 1. The van der Waals surface area contributed by atoms with Gasteiger partial charge in [0.05, 0.1) is 10.8 Å². The van der Waals surface area contributed by atoms with Crippen LogP contribution in [0.1, 0.15) is 35.1 Å². The molecule has 0 radical (unpaired) electrons. The summed E-state index contributed by atoms with van der Waals surface area (Å²) in [5.74, 6) is -0.566. The molecule has 2 aromatic rings. The summed E-state index contributed by atoms with van der Waals surface area (Å²) in [5, 5.41) is 3.90. The SMILES string of the molecule is Cc1cc(C)c(S(=O)(=O)N2CCC[C@H](C(=O)NCc3ccc(Cl)cc3Cl)C2)c(C)c1. The minimum atomic E-state index is -3.67. The second kappa shape index (κ2) is 9.27. The Morgan fingerprint density at radius 1 is 1.13 bits per heavy atom. The summed E-state index contributed by atoms with van der Waals surface area (Å²) in [4.78, 5) is 13.1. The van der Waals surface area contributed by atoms with E-state index in [4.69, 9.17) is 23.2 Å². The first kappa shape index (κ1) is 23.1. The monoisotopic (exact) mass is 468 g/mol. The highest BCUT2D eigenvalue weighted by Crippen LogP contribution is 2.29. The third-order valence-electron chi connectivity index (χ3n) is 5.43. The minimum Gasteiger partial charge on any atom is -0.352 e. The molecule has 0 aliphatic carbocycles. The lowest BCUT2D eigenvalue weighted by atomic mass is 9.99. The Bertz CT molecular complexity index is 1050. The van der Waals surface area contributed by atoms with Gasteiger partial charge in [0.15, 0.2) is 0 Å². The van der Waals surface area contributed by atoms with E-state index < -0.39 is 15.9 Å². The Hall–Kier alpha value is -1.60. The Labute approximate surface area is 188 Å². The number of sulfonamides is 1. The number of halogens is 2. The van der Waals surface area contributed by atoms with Crippen molar-refractivity contribution < 1.29 is 13.2 Å². The molecule has 0 bridgehead atoms. The molecule has 5 nitrogen and oxygen atoms in total. The van der Waals surface area contributed by atoms with Gasteiger partial charge in [-0.15, -0.1) is 0 Å². The van der Waals surface area contributed by atoms with Crippen LogP contribution in [0, 0.1) is 26.7 Å². The van der Waals surface area contributed by atoms with Crippen LogP contribution in [0.5, 0.6) is 0 Å². The van der Waals surface area contributed by atoms with Crippen molar-refractivity contribution in [2.24, 2.45) is 5.92 Å². The van der Waals surface area contributed by atoms with E-state index in [-0.39, 0.29) is 19.0 Å².